The van der Waals surface area contributed by atoms with Gasteiger partial charge in [0.25, 0.3) is 0 Å². The molecule has 3 heteroatoms. The van der Waals surface area contributed by atoms with E-state index < -0.39 is 0 Å². The fourth-order valence-electron chi connectivity index (χ4n) is 0.869. The summed E-state index contributed by atoms with van der Waals surface area (Å²) in [5.74, 6) is 0. The van der Waals surface area contributed by atoms with E-state index in [-0.39, 0.29) is 0 Å². The molecule has 55 valence electrons. The Balaban J connectivity index is 3.17. The van der Waals surface area contributed by atoms with Gasteiger partial charge in [0.05, 0.1) is 16.4 Å². The van der Waals surface area contributed by atoms with E-state index in [4.69, 9.17) is 11.6 Å². The number of aromatic nitrogens is 2. The SMILES string of the molecule is [CH2]c1c(Cl)c(C)nn1CC. The third-order valence-corrected chi connectivity index (χ3v) is 1.94. The van der Waals surface area contributed by atoms with E-state index in [1.165, 1.54) is 0 Å². The monoisotopic (exact) mass is 157 g/mol. The molecule has 0 amide bonds. The quantitative estimate of drug-likeness (QED) is 0.610. The Hall–Kier alpha value is -0.500. The van der Waals surface area contributed by atoms with Crippen molar-refractivity contribution in [3.63, 3.8) is 0 Å². The van der Waals surface area contributed by atoms with Crippen LogP contribution < -0.4 is 0 Å². The summed E-state index contributed by atoms with van der Waals surface area (Å²) in [5, 5.41) is 4.83. The molecule has 0 N–H and O–H groups in total. The summed E-state index contributed by atoms with van der Waals surface area (Å²) < 4.78 is 1.79. The predicted octanol–water partition coefficient (Wildman–Crippen LogP) is 2.05. The van der Waals surface area contributed by atoms with E-state index in [0.29, 0.717) is 5.02 Å². The molecule has 0 aromatic carbocycles. The topological polar surface area (TPSA) is 17.8 Å². The minimum absolute atomic E-state index is 0.682. The molecule has 0 aliphatic carbocycles. The molecule has 0 saturated carbocycles. The van der Waals surface area contributed by atoms with E-state index in [1.807, 2.05) is 13.8 Å². The highest BCUT2D eigenvalue weighted by atomic mass is 35.5. The van der Waals surface area contributed by atoms with Crippen molar-refractivity contribution >= 4 is 11.6 Å². The smallest absolute Gasteiger partial charge is 0.0847 e. The van der Waals surface area contributed by atoms with Gasteiger partial charge in [-0.2, -0.15) is 5.10 Å². The molecule has 0 fully saturated rings. The summed E-state index contributed by atoms with van der Waals surface area (Å²) >= 11 is 5.83. The average Bonchev–Trinajstić information content (AvgIpc) is 2.17. The minimum atomic E-state index is 0.682. The number of halogens is 1. The molecule has 1 aromatic rings. The van der Waals surface area contributed by atoms with Crippen LogP contribution in [0.2, 0.25) is 5.02 Å². The van der Waals surface area contributed by atoms with Crippen LogP contribution in [0.5, 0.6) is 0 Å². The second-order valence-electron chi connectivity index (χ2n) is 2.16. The first-order chi connectivity index (χ1) is 4.66. The van der Waals surface area contributed by atoms with Gasteiger partial charge < -0.3 is 0 Å². The standard InChI is InChI=1S/C7H10ClN2/c1-4-10-6(3)7(8)5(2)9-10/h3-4H2,1-2H3. The predicted molar refractivity (Wildman–Crippen MR) is 42.1 cm³/mol. The van der Waals surface area contributed by atoms with Crippen LogP contribution in [0, 0.1) is 13.8 Å². The molecule has 1 aromatic heterocycles. The van der Waals surface area contributed by atoms with Crippen LogP contribution >= 0.6 is 11.6 Å². The minimum Gasteiger partial charge on any atom is -0.268 e. The van der Waals surface area contributed by atoms with Gasteiger partial charge in [-0.3, -0.25) is 4.68 Å². The highest BCUT2D eigenvalue weighted by Gasteiger charge is 2.06. The van der Waals surface area contributed by atoms with E-state index in [2.05, 4.69) is 12.0 Å². The third-order valence-electron chi connectivity index (χ3n) is 1.45. The Morgan fingerprint density at radius 2 is 2.30 bits per heavy atom. The lowest BCUT2D eigenvalue weighted by Crippen LogP contribution is -1.98. The van der Waals surface area contributed by atoms with Crippen molar-refractivity contribution in [2.24, 2.45) is 0 Å². The van der Waals surface area contributed by atoms with Gasteiger partial charge in [-0.05, 0) is 20.8 Å². The van der Waals surface area contributed by atoms with Crippen LogP contribution in [-0.4, -0.2) is 9.78 Å². The summed E-state index contributed by atoms with van der Waals surface area (Å²) in [6, 6.07) is 0. The highest BCUT2D eigenvalue weighted by molar-refractivity contribution is 6.31. The van der Waals surface area contributed by atoms with Crippen molar-refractivity contribution in [1.29, 1.82) is 0 Å². The van der Waals surface area contributed by atoms with Crippen LogP contribution in [-0.2, 0) is 6.54 Å². The van der Waals surface area contributed by atoms with Crippen molar-refractivity contribution in [3.8, 4) is 0 Å². The number of nitrogens with zero attached hydrogens (tertiary/aromatic N) is 2. The van der Waals surface area contributed by atoms with Gasteiger partial charge in [0.15, 0.2) is 0 Å². The molecular formula is C7H10ClN2. The molecular weight excluding hydrogens is 148 g/mol. The first-order valence-electron chi connectivity index (χ1n) is 3.21. The van der Waals surface area contributed by atoms with Crippen molar-refractivity contribution in [3.05, 3.63) is 23.3 Å². The van der Waals surface area contributed by atoms with E-state index in [0.717, 1.165) is 17.9 Å². The highest BCUT2D eigenvalue weighted by Crippen LogP contribution is 2.18. The molecule has 1 radical (unpaired) electrons. The maximum atomic E-state index is 5.83. The summed E-state index contributed by atoms with van der Waals surface area (Å²) in [6.07, 6.45) is 0. The molecule has 2 nitrogen and oxygen atoms in total. The largest absolute Gasteiger partial charge is 0.268 e. The Kier molecular flexibility index (Phi) is 2.00. The average molecular weight is 158 g/mol. The van der Waals surface area contributed by atoms with Crippen LogP contribution in [0.15, 0.2) is 0 Å². The number of rotatable bonds is 1. The zero-order valence-electron chi connectivity index (χ0n) is 6.19. The molecule has 10 heavy (non-hydrogen) atoms. The Labute approximate surface area is 65.8 Å². The maximum absolute atomic E-state index is 5.83. The lowest BCUT2D eigenvalue weighted by molar-refractivity contribution is 0.643. The van der Waals surface area contributed by atoms with Gasteiger partial charge in [-0.15, -0.1) is 0 Å². The molecule has 0 aliphatic heterocycles. The second kappa shape index (κ2) is 2.62. The van der Waals surface area contributed by atoms with Gasteiger partial charge in [0, 0.05) is 6.54 Å². The van der Waals surface area contributed by atoms with Crippen LogP contribution in [0.4, 0.5) is 0 Å². The molecule has 0 bridgehead atoms. The fraction of sp³-hybridized carbons (Fsp3) is 0.429. The molecule has 0 aliphatic rings. The molecule has 0 unspecified atom stereocenters. The lowest BCUT2D eigenvalue weighted by atomic mass is 10.4. The third kappa shape index (κ3) is 1.03. The van der Waals surface area contributed by atoms with Gasteiger partial charge in [-0.1, -0.05) is 11.6 Å². The van der Waals surface area contributed by atoms with Gasteiger partial charge in [-0.25, -0.2) is 0 Å². The Morgan fingerprint density at radius 1 is 1.70 bits per heavy atom. The second-order valence-corrected chi connectivity index (χ2v) is 2.54. The van der Waals surface area contributed by atoms with Crippen LogP contribution in [0.25, 0.3) is 0 Å². The maximum Gasteiger partial charge on any atom is 0.0847 e. The Bertz CT molecular complexity index is 240. The number of hydrogen-bond acceptors (Lipinski definition) is 1. The summed E-state index contributed by atoms with van der Waals surface area (Å²) in [4.78, 5) is 0. The lowest BCUT2D eigenvalue weighted by Gasteiger charge is -1.95. The fourth-order valence-corrected chi connectivity index (χ4v) is 1.00. The molecule has 0 atom stereocenters. The summed E-state index contributed by atoms with van der Waals surface area (Å²) in [5.41, 5.74) is 1.66. The number of hydrogen-bond donors (Lipinski definition) is 0. The molecule has 0 spiro atoms. The van der Waals surface area contributed by atoms with Crippen LogP contribution in [0.1, 0.15) is 18.3 Å². The van der Waals surface area contributed by atoms with Gasteiger partial charge >= 0.3 is 0 Å². The van der Waals surface area contributed by atoms with Crippen LogP contribution in [0.3, 0.4) is 0 Å². The first kappa shape index (κ1) is 7.61. The van der Waals surface area contributed by atoms with E-state index >= 15 is 0 Å². The zero-order valence-corrected chi connectivity index (χ0v) is 6.94. The number of aryl methyl sites for hydroxylation is 2. The normalized spacial score (nSPS) is 10.4. The van der Waals surface area contributed by atoms with Gasteiger partial charge in [0.2, 0.25) is 0 Å². The van der Waals surface area contributed by atoms with Crippen molar-refractivity contribution in [1.82, 2.24) is 9.78 Å². The van der Waals surface area contributed by atoms with Crippen molar-refractivity contribution < 1.29 is 0 Å². The Morgan fingerprint density at radius 3 is 2.50 bits per heavy atom. The zero-order chi connectivity index (χ0) is 7.72. The van der Waals surface area contributed by atoms with Gasteiger partial charge in [0.1, 0.15) is 0 Å². The first-order valence-corrected chi connectivity index (χ1v) is 3.59. The summed E-state index contributed by atoms with van der Waals surface area (Å²) in [7, 11) is 0. The molecule has 1 heterocycles. The summed E-state index contributed by atoms with van der Waals surface area (Å²) in [6.45, 7) is 8.50. The van der Waals surface area contributed by atoms with Crippen molar-refractivity contribution in [2.45, 2.75) is 20.4 Å². The van der Waals surface area contributed by atoms with Crippen molar-refractivity contribution in [2.75, 3.05) is 0 Å². The molecule has 1 rings (SSSR count). The van der Waals surface area contributed by atoms with E-state index in [9.17, 15) is 0 Å². The molecule has 0 saturated heterocycles. The van der Waals surface area contributed by atoms with E-state index in [1.54, 1.807) is 4.68 Å².